The molecular formula is C15H14O6. The van der Waals surface area contributed by atoms with Gasteiger partial charge in [-0.2, -0.15) is 0 Å². The van der Waals surface area contributed by atoms with Crippen LogP contribution in [0.2, 0.25) is 0 Å². The summed E-state index contributed by atoms with van der Waals surface area (Å²) in [5, 5.41) is 0.451. The van der Waals surface area contributed by atoms with Gasteiger partial charge in [0.1, 0.15) is 16.9 Å². The quantitative estimate of drug-likeness (QED) is 0.475. The Kier molecular flexibility index (Phi) is 4.37. The zero-order valence-corrected chi connectivity index (χ0v) is 11.7. The fourth-order valence-electron chi connectivity index (χ4n) is 1.91. The molecule has 0 bridgehead atoms. The summed E-state index contributed by atoms with van der Waals surface area (Å²) in [6.45, 7) is 2.74. The van der Waals surface area contributed by atoms with Gasteiger partial charge in [0.2, 0.25) is 0 Å². The van der Waals surface area contributed by atoms with E-state index in [0.717, 1.165) is 0 Å². The van der Waals surface area contributed by atoms with E-state index in [0.29, 0.717) is 5.39 Å². The number of Topliss-reactive ketones (excluding diaryl/α,β-unsaturated/α-hetero) is 1. The molecule has 0 aliphatic heterocycles. The van der Waals surface area contributed by atoms with Crippen LogP contribution in [0.25, 0.3) is 11.0 Å². The Morgan fingerprint density at radius 2 is 1.95 bits per heavy atom. The zero-order chi connectivity index (χ0) is 15.4. The van der Waals surface area contributed by atoms with Gasteiger partial charge in [0.25, 0.3) is 0 Å². The number of carbonyl (C=O) groups excluding carboxylic acids is 2. The van der Waals surface area contributed by atoms with Crippen LogP contribution < -0.4 is 10.4 Å². The molecule has 0 N–H and O–H groups in total. The van der Waals surface area contributed by atoms with Gasteiger partial charge < -0.3 is 13.9 Å². The van der Waals surface area contributed by atoms with Crippen LogP contribution in [0.4, 0.5) is 0 Å². The lowest BCUT2D eigenvalue weighted by atomic mass is 10.1. The van der Waals surface area contributed by atoms with Crippen LogP contribution in [0.1, 0.15) is 24.2 Å². The third-order valence-electron chi connectivity index (χ3n) is 2.76. The summed E-state index contributed by atoms with van der Waals surface area (Å²) in [6.07, 6.45) is 0. The number of fused-ring (bicyclic) bond motifs is 1. The van der Waals surface area contributed by atoms with Crippen molar-refractivity contribution in [2.24, 2.45) is 0 Å². The van der Waals surface area contributed by atoms with E-state index in [2.05, 4.69) is 0 Å². The Balaban J connectivity index is 2.52. The van der Waals surface area contributed by atoms with E-state index in [-0.39, 0.29) is 30.1 Å². The highest BCUT2D eigenvalue weighted by molar-refractivity contribution is 6.01. The largest absolute Gasteiger partial charge is 0.480 e. The molecule has 0 radical (unpaired) electrons. The lowest BCUT2D eigenvalue weighted by molar-refractivity contribution is -0.145. The molecule has 0 fully saturated rings. The number of ether oxygens (including phenoxy) is 2. The normalized spacial score (nSPS) is 10.4. The topological polar surface area (TPSA) is 82.8 Å². The van der Waals surface area contributed by atoms with Crippen LogP contribution >= 0.6 is 0 Å². The summed E-state index contributed by atoms with van der Waals surface area (Å²) in [4.78, 5) is 34.9. The van der Waals surface area contributed by atoms with Crippen molar-refractivity contribution in [3.8, 4) is 5.75 Å². The van der Waals surface area contributed by atoms with Gasteiger partial charge in [0, 0.05) is 0 Å². The maximum absolute atomic E-state index is 11.9. The molecule has 2 rings (SSSR count). The molecule has 0 amide bonds. The molecule has 2 aromatic rings. The average molecular weight is 290 g/mol. The molecular weight excluding hydrogens is 276 g/mol. The van der Waals surface area contributed by atoms with Crippen molar-refractivity contribution < 1.29 is 23.5 Å². The number of hydrogen-bond acceptors (Lipinski definition) is 6. The molecule has 21 heavy (non-hydrogen) atoms. The third kappa shape index (κ3) is 3.10. The van der Waals surface area contributed by atoms with E-state index in [9.17, 15) is 14.4 Å². The van der Waals surface area contributed by atoms with E-state index in [1.54, 1.807) is 31.2 Å². The van der Waals surface area contributed by atoms with Gasteiger partial charge in [-0.1, -0.05) is 12.1 Å². The maximum Gasteiger partial charge on any atom is 0.351 e. The molecule has 0 spiro atoms. The van der Waals surface area contributed by atoms with Crippen LogP contribution in [-0.2, 0) is 9.53 Å². The third-order valence-corrected chi connectivity index (χ3v) is 2.76. The number of carbonyl (C=O) groups is 2. The SMILES string of the molecule is CCOC(=O)COc1c(C(C)=O)c(=O)oc2ccccc12. The number of esters is 1. The first-order chi connectivity index (χ1) is 10.0. The summed E-state index contributed by atoms with van der Waals surface area (Å²) < 4.78 is 15.2. The zero-order valence-electron chi connectivity index (χ0n) is 11.7. The number of rotatable bonds is 5. The molecule has 1 aromatic heterocycles. The van der Waals surface area contributed by atoms with E-state index in [1.165, 1.54) is 6.92 Å². The van der Waals surface area contributed by atoms with Crippen molar-refractivity contribution in [1.82, 2.24) is 0 Å². The molecule has 0 saturated carbocycles. The standard InChI is InChI=1S/C15H14O6/c1-3-19-12(17)8-20-14-10-6-4-5-7-11(10)21-15(18)13(14)9(2)16/h4-7H,3,8H2,1-2H3. The summed E-state index contributed by atoms with van der Waals surface area (Å²) >= 11 is 0. The van der Waals surface area contributed by atoms with Crippen molar-refractivity contribution in [2.75, 3.05) is 13.2 Å². The van der Waals surface area contributed by atoms with Crippen LogP contribution in [0.3, 0.4) is 0 Å². The maximum atomic E-state index is 11.9. The monoisotopic (exact) mass is 290 g/mol. The molecule has 0 aliphatic carbocycles. The Labute approximate surface area is 120 Å². The van der Waals surface area contributed by atoms with E-state index >= 15 is 0 Å². The van der Waals surface area contributed by atoms with Crippen molar-refractivity contribution in [3.63, 3.8) is 0 Å². The molecule has 0 unspecified atom stereocenters. The number of para-hydroxylation sites is 1. The van der Waals surface area contributed by atoms with Crippen LogP contribution in [0.5, 0.6) is 5.75 Å². The molecule has 110 valence electrons. The first-order valence-electron chi connectivity index (χ1n) is 6.39. The minimum absolute atomic E-state index is 0.0439. The van der Waals surface area contributed by atoms with Crippen LogP contribution in [0.15, 0.2) is 33.5 Å². The van der Waals surface area contributed by atoms with E-state index in [1.807, 2.05) is 0 Å². The summed E-state index contributed by atoms with van der Waals surface area (Å²) in [5.41, 5.74) is -0.718. The number of hydrogen-bond donors (Lipinski definition) is 0. The first kappa shape index (κ1) is 14.8. The second-order valence-corrected chi connectivity index (χ2v) is 4.24. The summed E-state index contributed by atoms with van der Waals surface area (Å²) in [6, 6.07) is 6.63. The number of ketones is 1. The van der Waals surface area contributed by atoms with Crippen molar-refractivity contribution >= 4 is 22.7 Å². The van der Waals surface area contributed by atoms with E-state index < -0.39 is 17.4 Å². The van der Waals surface area contributed by atoms with Crippen LogP contribution in [0, 0.1) is 0 Å². The Morgan fingerprint density at radius 1 is 1.24 bits per heavy atom. The Hall–Kier alpha value is -2.63. The molecule has 6 nitrogen and oxygen atoms in total. The number of benzene rings is 1. The predicted molar refractivity (Wildman–Crippen MR) is 74.6 cm³/mol. The highest BCUT2D eigenvalue weighted by Gasteiger charge is 2.20. The van der Waals surface area contributed by atoms with Gasteiger partial charge in [0.05, 0.1) is 12.0 Å². The smallest absolute Gasteiger partial charge is 0.351 e. The average Bonchev–Trinajstić information content (AvgIpc) is 2.44. The minimum Gasteiger partial charge on any atom is -0.480 e. The molecule has 0 atom stereocenters. The van der Waals surface area contributed by atoms with Gasteiger partial charge in [-0.15, -0.1) is 0 Å². The molecule has 1 heterocycles. The van der Waals surface area contributed by atoms with Gasteiger partial charge in [0.15, 0.2) is 12.4 Å². The van der Waals surface area contributed by atoms with Gasteiger partial charge in [-0.25, -0.2) is 9.59 Å². The minimum atomic E-state index is -0.792. The molecule has 0 aliphatic rings. The predicted octanol–water partition coefficient (Wildman–Crippen LogP) is 1.94. The Morgan fingerprint density at radius 3 is 2.62 bits per heavy atom. The van der Waals surface area contributed by atoms with Gasteiger partial charge in [-0.05, 0) is 26.0 Å². The van der Waals surface area contributed by atoms with Crippen LogP contribution in [-0.4, -0.2) is 25.0 Å². The molecule has 0 saturated heterocycles. The fraction of sp³-hybridized carbons (Fsp3) is 0.267. The highest BCUT2D eigenvalue weighted by atomic mass is 16.6. The van der Waals surface area contributed by atoms with Gasteiger partial charge >= 0.3 is 11.6 Å². The Bertz CT molecular complexity index is 743. The fourth-order valence-corrected chi connectivity index (χ4v) is 1.91. The van der Waals surface area contributed by atoms with Crippen molar-refractivity contribution in [2.45, 2.75) is 13.8 Å². The lowest BCUT2D eigenvalue weighted by Crippen LogP contribution is -2.19. The lowest BCUT2D eigenvalue weighted by Gasteiger charge is -2.11. The van der Waals surface area contributed by atoms with Crippen molar-refractivity contribution in [1.29, 1.82) is 0 Å². The first-order valence-corrected chi connectivity index (χ1v) is 6.39. The second kappa shape index (κ2) is 6.21. The van der Waals surface area contributed by atoms with E-state index in [4.69, 9.17) is 13.9 Å². The van der Waals surface area contributed by atoms with Crippen molar-refractivity contribution in [3.05, 3.63) is 40.2 Å². The summed E-state index contributed by atoms with van der Waals surface area (Å²) in [7, 11) is 0. The summed E-state index contributed by atoms with van der Waals surface area (Å²) in [5.74, 6) is -1.03. The second-order valence-electron chi connectivity index (χ2n) is 4.24. The molecule has 6 heteroatoms. The molecule has 1 aromatic carbocycles. The highest BCUT2D eigenvalue weighted by Crippen LogP contribution is 2.27. The van der Waals surface area contributed by atoms with Gasteiger partial charge in [-0.3, -0.25) is 4.79 Å².